The van der Waals surface area contributed by atoms with Crippen molar-refractivity contribution in [2.45, 2.75) is 38.6 Å². The molecule has 7 heteroatoms. The zero-order valence-corrected chi connectivity index (χ0v) is 16.1. The van der Waals surface area contributed by atoms with Gasteiger partial charge in [-0.05, 0) is 46.8 Å². The summed E-state index contributed by atoms with van der Waals surface area (Å²) < 4.78 is 2.26. The van der Waals surface area contributed by atoms with Crippen molar-refractivity contribution >= 4 is 17.2 Å². The van der Waals surface area contributed by atoms with Gasteiger partial charge in [0.25, 0.3) is 5.91 Å². The van der Waals surface area contributed by atoms with Gasteiger partial charge in [-0.25, -0.2) is 9.97 Å². The Morgan fingerprint density at radius 2 is 2.28 bits per heavy atom. The first-order valence-electron chi connectivity index (χ1n) is 8.91. The van der Waals surface area contributed by atoms with E-state index in [1.807, 2.05) is 23.4 Å². The molecular weight excluding hydrogens is 334 g/mol. The highest BCUT2D eigenvalue weighted by Gasteiger charge is 2.28. The van der Waals surface area contributed by atoms with Crippen molar-refractivity contribution < 1.29 is 4.79 Å². The third-order valence-corrected chi connectivity index (χ3v) is 5.44. The van der Waals surface area contributed by atoms with E-state index in [2.05, 4.69) is 39.7 Å². The van der Waals surface area contributed by atoms with Crippen LogP contribution in [0.4, 0.5) is 0 Å². The van der Waals surface area contributed by atoms with E-state index in [-0.39, 0.29) is 5.91 Å². The van der Waals surface area contributed by atoms with E-state index in [9.17, 15) is 4.79 Å². The number of hydrogen-bond acceptors (Lipinski definition) is 5. The van der Waals surface area contributed by atoms with Gasteiger partial charge in [0.05, 0.1) is 5.01 Å². The first-order valence-corrected chi connectivity index (χ1v) is 9.79. The van der Waals surface area contributed by atoms with Crippen LogP contribution in [0.3, 0.4) is 0 Å². The Morgan fingerprint density at radius 1 is 1.44 bits per heavy atom. The number of carbonyl (C=O) groups excluding carboxylic acids is 1. The van der Waals surface area contributed by atoms with Crippen molar-refractivity contribution in [2.24, 2.45) is 0 Å². The highest BCUT2D eigenvalue weighted by molar-refractivity contribution is 7.09. The standard InChI is InChI=1S/C18H27N5OS/c1-14-20-16(13-25-14)18(24)23-9-4-6-15(12-23)17-19-7-11-22(17)10-5-8-21(2)3/h7,11,13,15H,4-6,8-10,12H2,1-3H3/t15-/m1/s1. The van der Waals surface area contributed by atoms with Crippen molar-refractivity contribution in [1.29, 1.82) is 0 Å². The molecule has 3 rings (SSSR count). The number of thiazole rings is 1. The highest BCUT2D eigenvalue weighted by Crippen LogP contribution is 2.27. The number of aryl methyl sites for hydroxylation is 2. The van der Waals surface area contributed by atoms with E-state index < -0.39 is 0 Å². The van der Waals surface area contributed by atoms with Gasteiger partial charge in [0.2, 0.25) is 0 Å². The van der Waals surface area contributed by atoms with Crippen LogP contribution in [0.25, 0.3) is 0 Å². The first kappa shape index (κ1) is 18.1. The molecule has 136 valence electrons. The number of piperidine rings is 1. The molecule has 0 radical (unpaired) electrons. The molecule has 0 aliphatic carbocycles. The minimum absolute atomic E-state index is 0.0553. The number of hydrogen-bond donors (Lipinski definition) is 0. The zero-order chi connectivity index (χ0) is 17.8. The fourth-order valence-corrected chi connectivity index (χ4v) is 4.01. The molecule has 0 aromatic carbocycles. The lowest BCUT2D eigenvalue weighted by Gasteiger charge is -2.32. The number of likely N-dealkylation sites (tertiary alicyclic amines) is 1. The van der Waals surface area contributed by atoms with Crippen LogP contribution in [-0.4, -0.2) is 64.0 Å². The second kappa shape index (κ2) is 8.10. The largest absolute Gasteiger partial charge is 0.337 e. The molecule has 0 saturated carbocycles. The van der Waals surface area contributed by atoms with Crippen LogP contribution in [0.1, 0.15) is 46.5 Å². The van der Waals surface area contributed by atoms with Crippen molar-refractivity contribution in [3.8, 4) is 0 Å². The van der Waals surface area contributed by atoms with Gasteiger partial charge in [0, 0.05) is 43.3 Å². The van der Waals surface area contributed by atoms with Gasteiger partial charge >= 0.3 is 0 Å². The first-order chi connectivity index (χ1) is 12.0. The summed E-state index contributed by atoms with van der Waals surface area (Å²) in [5, 5.41) is 2.80. The van der Waals surface area contributed by atoms with Gasteiger partial charge in [-0.1, -0.05) is 0 Å². The fourth-order valence-electron chi connectivity index (χ4n) is 3.42. The molecule has 0 unspecified atom stereocenters. The highest BCUT2D eigenvalue weighted by atomic mass is 32.1. The Hall–Kier alpha value is -1.73. The van der Waals surface area contributed by atoms with Gasteiger partial charge in [-0.15, -0.1) is 11.3 Å². The van der Waals surface area contributed by atoms with Crippen LogP contribution in [0.2, 0.25) is 0 Å². The summed E-state index contributed by atoms with van der Waals surface area (Å²) >= 11 is 1.53. The number of amides is 1. The van der Waals surface area contributed by atoms with E-state index >= 15 is 0 Å². The Morgan fingerprint density at radius 3 is 3.00 bits per heavy atom. The van der Waals surface area contributed by atoms with E-state index in [1.54, 1.807) is 0 Å². The van der Waals surface area contributed by atoms with Crippen molar-refractivity contribution in [3.05, 3.63) is 34.3 Å². The summed E-state index contributed by atoms with van der Waals surface area (Å²) in [4.78, 5) is 25.8. The molecule has 1 aliphatic heterocycles. The van der Waals surface area contributed by atoms with Gasteiger partial charge < -0.3 is 14.4 Å². The summed E-state index contributed by atoms with van der Waals surface area (Å²) in [7, 11) is 4.19. The molecule has 1 aliphatic rings. The number of aromatic nitrogens is 3. The maximum absolute atomic E-state index is 12.7. The van der Waals surface area contributed by atoms with Crippen LogP contribution < -0.4 is 0 Å². The summed E-state index contributed by atoms with van der Waals surface area (Å²) in [5.74, 6) is 1.48. The van der Waals surface area contributed by atoms with Crippen molar-refractivity contribution in [2.75, 3.05) is 33.7 Å². The molecule has 3 heterocycles. The van der Waals surface area contributed by atoms with Crippen LogP contribution in [-0.2, 0) is 6.54 Å². The van der Waals surface area contributed by atoms with E-state index in [4.69, 9.17) is 0 Å². The third-order valence-electron chi connectivity index (χ3n) is 4.66. The lowest BCUT2D eigenvalue weighted by atomic mass is 9.97. The molecule has 0 N–H and O–H groups in total. The summed E-state index contributed by atoms with van der Waals surface area (Å²) in [5.41, 5.74) is 0.581. The molecule has 1 amide bonds. The SMILES string of the molecule is Cc1nc(C(=O)N2CCC[C@@H](c3nccn3CCCN(C)C)C2)cs1. The Bertz CT molecular complexity index is 708. The lowest BCUT2D eigenvalue weighted by molar-refractivity contribution is 0.0698. The Labute approximate surface area is 153 Å². The Balaban J connectivity index is 1.65. The van der Waals surface area contributed by atoms with Gasteiger partial charge in [-0.3, -0.25) is 4.79 Å². The van der Waals surface area contributed by atoms with Crippen molar-refractivity contribution in [1.82, 2.24) is 24.3 Å². The summed E-state index contributed by atoms with van der Waals surface area (Å²) in [6.45, 7) is 5.53. The van der Waals surface area contributed by atoms with Gasteiger partial charge in [-0.2, -0.15) is 0 Å². The van der Waals surface area contributed by atoms with Crippen LogP contribution in [0.15, 0.2) is 17.8 Å². The average molecular weight is 362 g/mol. The number of carbonyl (C=O) groups is 1. The monoisotopic (exact) mass is 361 g/mol. The zero-order valence-electron chi connectivity index (χ0n) is 15.3. The second-order valence-corrected chi connectivity index (χ2v) is 8.04. The van der Waals surface area contributed by atoms with E-state index in [0.717, 1.165) is 56.3 Å². The summed E-state index contributed by atoms with van der Waals surface area (Å²) in [6, 6.07) is 0. The number of nitrogens with zero attached hydrogens (tertiary/aromatic N) is 5. The Kier molecular flexibility index (Phi) is 5.86. The fraction of sp³-hybridized carbons (Fsp3) is 0.611. The second-order valence-electron chi connectivity index (χ2n) is 6.98. The molecule has 1 saturated heterocycles. The molecule has 2 aromatic rings. The molecular formula is C18H27N5OS. The van der Waals surface area contributed by atoms with E-state index in [1.165, 1.54) is 11.3 Å². The molecule has 1 fully saturated rings. The molecule has 6 nitrogen and oxygen atoms in total. The maximum Gasteiger partial charge on any atom is 0.273 e. The van der Waals surface area contributed by atoms with Crippen molar-refractivity contribution in [3.63, 3.8) is 0 Å². The van der Waals surface area contributed by atoms with Gasteiger partial charge in [0.1, 0.15) is 11.5 Å². The molecule has 2 aromatic heterocycles. The molecule has 0 spiro atoms. The number of imidazole rings is 1. The van der Waals surface area contributed by atoms with Gasteiger partial charge in [0.15, 0.2) is 0 Å². The minimum atomic E-state index is 0.0553. The third kappa shape index (κ3) is 4.46. The van der Waals surface area contributed by atoms with Crippen LogP contribution in [0.5, 0.6) is 0 Å². The van der Waals surface area contributed by atoms with E-state index in [0.29, 0.717) is 11.6 Å². The maximum atomic E-state index is 12.7. The minimum Gasteiger partial charge on any atom is -0.337 e. The predicted molar refractivity (Wildman–Crippen MR) is 100 cm³/mol. The summed E-state index contributed by atoms with van der Waals surface area (Å²) in [6.07, 6.45) is 7.16. The molecule has 25 heavy (non-hydrogen) atoms. The average Bonchev–Trinajstić information content (AvgIpc) is 3.23. The number of rotatable bonds is 6. The molecule has 0 bridgehead atoms. The quantitative estimate of drug-likeness (QED) is 0.794. The lowest BCUT2D eigenvalue weighted by Crippen LogP contribution is -2.40. The molecule has 1 atom stereocenters. The van der Waals surface area contributed by atoms with Crippen LogP contribution in [0, 0.1) is 6.92 Å². The normalized spacial score (nSPS) is 18.1. The predicted octanol–water partition coefficient (Wildman–Crippen LogP) is 2.62. The topological polar surface area (TPSA) is 54.3 Å². The smallest absolute Gasteiger partial charge is 0.273 e. The van der Waals surface area contributed by atoms with Crippen LogP contribution >= 0.6 is 11.3 Å².